The molecule has 120 valence electrons. The van der Waals surface area contributed by atoms with Crippen molar-refractivity contribution in [2.45, 2.75) is 56.3 Å². The molecule has 1 aromatic heterocycles. The Hall–Kier alpha value is -0.430. The fourth-order valence-electron chi connectivity index (χ4n) is 2.88. The molecule has 0 aromatic carbocycles. The molecule has 1 aliphatic rings. The third-order valence-electron chi connectivity index (χ3n) is 3.83. The molecule has 0 unspecified atom stereocenters. The summed E-state index contributed by atoms with van der Waals surface area (Å²) >= 11 is 1.39. The number of nitrogens with zero attached hydrogens (tertiary/aromatic N) is 1. The highest BCUT2D eigenvalue weighted by atomic mass is 32.2. The van der Waals surface area contributed by atoms with Crippen LogP contribution in [-0.4, -0.2) is 32.4 Å². The lowest BCUT2D eigenvalue weighted by Crippen LogP contribution is -2.40. The van der Waals surface area contributed by atoms with Gasteiger partial charge in [-0.3, -0.25) is 0 Å². The van der Waals surface area contributed by atoms with Gasteiger partial charge in [0.1, 0.15) is 4.21 Å². The van der Waals surface area contributed by atoms with Crippen molar-refractivity contribution in [3.05, 3.63) is 17.0 Å². The molecule has 1 saturated carbocycles. The van der Waals surface area contributed by atoms with E-state index >= 15 is 0 Å². The van der Waals surface area contributed by atoms with Gasteiger partial charge in [-0.15, -0.1) is 11.3 Å². The van der Waals surface area contributed by atoms with Crippen molar-refractivity contribution in [3.8, 4) is 0 Å². The fourth-order valence-corrected chi connectivity index (χ4v) is 6.22. The summed E-state index contributed by atoms with van der Waals surface area (Å²) < 4.78 is 28.2. The Balaban J connectivity index is 2.26. The van der Waals surface area contributed by atoms with E-state index in [9.17, 15) is 8.42 Å². The van der Waals surface area contributed by atoms with E-state index in [0.29, 0.717) is 23.2 Å². The quantitative estimate of drug-likeness (QED) is 0.836. The van der Waals surface area contributed by atoms with E-state index < -0.39 is 10.0 Å². The van der Waals surface area contributed by atoms with Crippen LogP contribution in [0.15, 0.2) is 16.3 Å². The molecule has 1 heterocycles. The number of thiophene rings is 1. The van der Waals surface area contributed by atoms with Crippen LogP contribution in [0.3, 0.4) is 0 Å². The van der Waals surface area contributed by atoms with Gasteiger partial charge in [0.05, 0.1) is 0 Å². The minimum Gasteiger partial charge on any atom is -0.315 e. The molecule has 1 fully saturated rings. The van der Waals surface area contributed by atoms with Crippen LogP contribution in [-0.2, 0) is 16.6 Å². The number of rotatable bonds is 7. The van der Waals surface area contributed by atoms with E-state index in [1.54, 1.807) is 10.4 Å². The smallest absolute Gasteiger partial charge is 0.252 e. The molecule has 1 aromatic rings. The van der Waals surface area contributed by atoms with Crippen LogP contribution in [0.25, 0.3) is 0 Å². The Bertz CT molecular complexity index is 546. The van der Waals surface area contributed by atoms with E-state index in [1.165, 1.54) is 11.3 Å². The monoisotopic (exact) mass is 330 g/mol. The van der Waals surface area contributed by atoms with Crippen molar-refractivity contribution in [2.24, 2.45) is 5.92 Å². The van der Waals surface area contributed by atoms with Crippen molar-refractivity contribution in [1.82, 2.24) is 9.62 Å². The SMILES string of the molecule is CNCc1ccc(S(=O)(=O)N(CC(C)C)C2CCCC2)s1. The lowest BCUT2D eigenvalue weighted by molar-refractivity contribution is 0.293. The standard InChI is InChI=1S/C15H26N2O2S2/c1-12(2)11-17(13-6-4-5-7-13)21(18,19)15-9-8-14(20-15)10-16-3/h8-9,12-13,16H,4-7,10-11H2,1-3H3. The van der Waals surface area contributed by atoms with Gasteiger partial charge in [0.2, 0.25) is 0 Å². The lowest BCUT2D eigenvalue weighted by atomic mass is 10.2. The maximum absolute atomic E-state index is 13.0. The molecule has 1 N–H and O–H groups in total. The topological polar surface area (TPSA) is 49.4 Å². The van der Waals surface area contributed by atoms with Gasteiger partial charge in [-0.05, 0) is 37.9 Å². The predicted octanol–water partition coefficient (Wildman–Crippen LogP) is 3.06. The highest BCUT2D eigenvalue weighted by Gasteiger charge is 2.34. The van der Waals surface area contributed by atoms with E-state index in [2.05, 4.69) is 19.2 Å². The first-order valence-electron chi connectivity index (χ1n) is 7.70. The molecule has 0 atom stereocenters. The summed E-state index contributed by atoms with van der Waals surface area (Å²) in [6.45, 7) is 5.50. The van der Waals surface area contributed by atoms with E-state index in [-0.39, 0.29) is 6.04 Å². The van der Waals surface area contributed by atoms with Crippen molar-refractivity contribution in [3.63, 3.8) is 0 Å². The zero-order chi connectivity index (χ0) is 15.5. The molecule has 6 heteroatoms. The van der Waals surface area contributed by atoms with Crippen LogP contribution < -0.4 is 5.32 Å². The summed E-state index contributed by atoms with van der Waals surface area (Å²) in [5.41, 5.74) is 0. The third kappa shape index (κ3) is 4.06. The minimum atomic E-state index is -3.35. The Kier molecular flexibility index (Phi) is 5.82. The molecular weight excluding hydrogens is 304 g/mol. The zero-order valence-corrected chi connectivity index (χ0v) is 14.8. The molecule has 4 nitrogen and oxygen atoms in total. The first-order valence-corrected chi connectivity index (χ1v) is 9.96. The van der Waals surface area contributed by atoms with Gasteiger partial charge in [-0.1, -0.05) is 26.7 Å². The normalized spacial score (nSPS) is 17.2. The lowest BCUT2D eigenvalue weighted by Gasteiger charge is -2.29. The first-order chi connectivity index (χ1) is 9.95. The maximum Gasteiger partial charge on any atom is 0.252 e. The predicted molar refractivity (Wildman–Crippen MR) is 88.1 cm³/mol. The number of hydrogen-bond donors (Lipinski definition) is 1. The molecule has 0 radical (unpaired) electrons. The second-order valence-corrected chi connectivity index (χ2v) is 9.44. The molecule has 0 bridgehead atoms. The van der Waals surface area contributed by atoms with Gasteiger partial charge < -0.3 is 5.32 Å². The first kappa shape index (κ1) is 16.9. The molecular formula is C15H26N2O2S2. The van der Waals surface area contributed by atoms with E-state index in [0.717, 1.165) is 30.6 Å². The van der Waals surface area contributed by atoms with Gasteiger partial charge in [0, 0.05) is 24.0 Å². The third-order valence-corrected chi connectivity index (χ3v) is 7.30. The maximum atomic E-state index is 13.0. The molecule has 1 aliphatic carbocycles. The van der Waals surface area contributed by atoms with Crippen molar-refractivity contribution in [1.29, 1.82) is 0 Å². The van der Waals surface area contributed by atoms with Crippen LogP contribution in [0.1, 0.15) is 44.4 Å². The number of hydrogen-bond acceptors (Lipinski definition) is 4. The summed E-state index contributed by atoms with van der Waals surface area (Å²) in [6, 6.07) is 3.86. The van der Waals surface area contributed by atoms with Gasteiger partial charge in [0.15, 0.2) is 0 Å². The van der Waals surface area contributed by atoms with Gasteiger partial charge in [0.25, 0.3) is 10.0 Å². The summed E-state index contributed by atoms with van der Waals surface area (Å²) in [5, 5.41) is 3.07. The highest BCUT2D eigenvalue weighted by molar-refractivity contribution is 7.91. The molecule has 0 saturated heterocycles. The second kappa shape index (κ2) is 7.22. The van der Waals surface area contributed by atoms with Crippen LogP contribution in [0.2, 0.25) is 0 Å². The second-order valence-electron chi connectivity index (χ2n) is 6.16. The number of nitrogens with one attached hydrogen (secondary N) is 1. The van der Waals surface area contributed by atoms with E-state index in [1.807, 2.05) is 13.1 Å². The van der Waals surface area contributed by atoms with Crippen molar-refractivity contribution < 1.29 is 8.42 Å². The molecule has 0 amide bonds. The fraction of sp³-hybridized carbons (Fsp3) is 0.733. The summed E-state index contributed by atoms with van der Waals surface area (Å²) in [4.78, 5) is 1.06. The Morgan fingerprint density at radius 3 is 2.57 bits per heavy atom. The summed E-state index contributed by atoms with van der Waals surface area (Å²) in [6.07, 6.45) is 4.29. The largest absolute Gasteiger partial charge is 0.315 e. The Labute approximate surface area is 132 Å². The van der Waals surface area contributed by atoms with Gasteiger partial charge >= 0.3 is 0 Å². The van der Waals surface area contributed by atoms with Crippen molar-refractivity contribution >= 4 is 21.4 Å². The van der Waals surface area contributed by atoms with Crippen molar-refractivity contribution in [2.75, 3.05) is 13.6 Å². The van der Waals surface area contributed by atoms with Crippen LogP contribution >= 0.6 is 11.3 Å². The van der Waals surface area contributed by atoms with E-state index in [4.69, 9.17) is 0 Å². The number of sulfonamides is 1. The summed E-state index contributed by atoms with van der Waals surface area (Å²) in [7, 11) is -1.48. The average molecular weight is 331 g/mol. The molecule has 2 rings (SSSR count). The Morgan fingerprint density at radius 2 is 2.00 bits per heavy atom. The van der Waals surface area contributed by atoms with Gasteiger partial charge in [-0.2, -0.15) is 4.31 Å². The molecule has 21 heavy (non-hydrogen) atoms. The average Bonchev–Trinajstić information content (AvgIpc) is 3.07. The highest BCUT2D eigenvalue weighted by Crippen LogP contribution is 2.32. The molecule has 0 spiro atoms. The van der Waals surface area contributed by atoms with Crippen LogP contribution in [0.5, 0.6) is 0 Å². The minimum absolute atomic E-state index is 0.187. The van der Waals surface area contributed by atoms with Crippen LogP contribution in [0, 0.1) is 5.92 Å². The van der Waals surface area contributed by atoms with Crippen LogP contribution in [0.4, 0.5) is 0 Å². The molecule has 0 aliphatic heterocycles. The Morgan fingerprint density at radius 1 is 1.33 bits per heavy atom. The van der Waals surface area contributed by atoms with Gasteiger partial charge in [-0.25, -0.2) is 8.42 Å². The summed E-state index contributed by atoms with van der Waals surface area (Å²) in [5.74, 6) is 0.345. The zero-order valence-electron chi connectivity index (χ0n) is 13.1.